The van der Waals surface area contributed by atoms with Gasteiger partial charge in [0.2, 0.25) is 0 Å². The van der Waals surface area contributed by atoms with Crippen LogP contribution in [0.25, 0.3) is 16.8 Å². The van der Waals surface area contributed by atoms with E-state index >= 15 is 0 Å². The highest BCUT2D eigenvalue weighted by Gasteiger charge is 2.33. The van der Waals surface area contributed by atoms with Crippen LogP contribution in [0.2, 0.25) is 0 Å². The van der Waals surface area contributed by atoms with Crippen molar-refractivity contribution in [3.8, 4) is 11.8 Å². The van der Waals surface area contributed by atoms with Crippen LogP contribution in [0.3, 0.4) is 0 Å². The molecule has 0 radical (unpaired) electrons. The van der Waals surface area contributed by atoms with Gasteiger partial charge >= 0.3 is 5.97 Å². The van der Waals surface area contributed by atoms with Crippen LogP contribution < -0.4 is 19.6 Å². The number of carbonyl (C=O) groups is 1. The molecule has 0 bridgehead atoms. The largest absolute Gasteiger partial charge is 0.488 e. The molecule has 0 saturated heterocycles. The van der Waals surface area contributed by atoms with Crippen LogP contribution in [-0.4, -0.2) is 17.6 Å². The second kappa shape index (κ2) is 11.9. The van der Waals surface area contributed by atoms with Gasteiger partial charge in [-0.2, -0.15) is 5.26 Å². The predicted octanol–water partition coefficient (Wildman–Crippen LogP) is 5.40. The molecule has 0 saturated carbocycles. The van der Waals surface area contributed by atoms with E-state index < -0.39 is 12.0 Å². The number of thiazole rings is 1. The predicted molar refractivity (Wildman–Crippen MR) is 166 cm³/mol. The third kappa shape index (κ3) is 5.27. The van der Waals surface area contributed by atoms with Crippen LogP contribution in [0.5, 0.6) is 5.75 Å². The summed E-state index contributed by atoms with van der Waals surface area (Å²) in [6.07, 6.45) is 2.37. The molecule has 1 atom stereocenters. The van der Waals surface area contributed by atoms with Crippen LogP contribution in [0.1, 0.15) is 41.6 Å². The van der Waals surface area contributed by atoms with Crippen LogP contribution in [0.4, 0.5) is 0 Å². The lowest BCUT2D eigenvalue weighted by molar-refractivity contribution is -0.136. The maximum atomic E-state index is 14.2. The number of nitriles is 1. The summed E-state index contributed by atoms with van der Waals surface area (Å²) in [6.45, 7) is 2.23. The maximum Gasteiger partial charge on any atom is 0.338 e. The molecule has 43 heavy (non-hydrogen) atoms. The minimum absolute atomic E-state index is 0.250. The van der Waals surface area contributed by atoms with Crippen molar-refractivity contribution in [3.05, 3.63) is 144 Å². The van der Waals surface area contributed by atoms with Crippen LogP contribution in [0, 0.1) is 11.3 Å². The Hall–Kier alpha value is -5.26. The Kier molecular flexibility index (Phi) is 7.73. The summed E-state index contributed by atoms with van der Waals surface area (Å²) in [6, 6.07) is 30.1. The fourth-order valence-corrected chi connectivity index (χ4v) is 6.33. The maximum absolute atomic E-state index is 14.2. The molecule has 0 fully saturated rings. The third-order valence-corrected chi connectivity index (χ3v) is 8.43. The number of nitrogens with zero attached hydrogens (tertiary/aromatic N) is 3. The molecule has 0 unspecified atom stereocenters. The molecule has 0 N–H and O–H groups in total. The van der Waals surface area contributed by atoms with Gasteiger partial charge in [-0.1, -0.05) is 91.1 Å². The van der Waals surface area contributed by atoms with E-state index in [2.05, 4.69) is 6.07 Å². The van der Waals surface area contributed by atoms with Crippen LogP contribution in [-0.2, 0) is 16.1 Å². The SMILES string of the molecule is CCC1=C(C(=O)OC)[C@@H](c2ccccc2)n2c(s/c(=C/c3c(OCc4ccc(C#N)cc4)ccc4ccccc34)c2=O)=N1. The zero-order valence-corrected chi connectivity index (χ0v) is 24.4. The van der Waals surface area contributed by atoms with Gasteiger partial charge < -0.3 is 9.47 Å². The van der Waals surface area contributed by atoms with E-state index in [1.807, 2.05) is 91.9 Å². The number of hydrogen-bond acceptors (Lipinski definition) is 7. The van der Waals surface area contributed by atoms with Gasteiger partial charge in [0, 0.05) is 5.56 Å². The first-order chi connectivity index (χ1) is 21.0. The van der Waals surface area contributed by atoms with E-state index in [0.717, 1.165) is 27.5 Å². The summed E-state index contributed by atoms with van der Waals surface area (Å²) in [5.41, 5.74) is 3.80. The monoisotopic (exact) mass is 585 g/mol. The van der Waals surface area contributed by atoms with Gasteiger partial charge in [0.05, 0.1) is 40.6 Å². The van der Waals surface area contributed by atoms with E-state index in [1.165, 1.54) is 18.4 Å². The van der Waals surface area contributed by atoms with Crippen LogP contribution >= 0.6 is 11.3 Å². The molecule has 0 amide bonds. The Morgan fingerprint density at radius 1 is 1.02 bits per heavy atom. The van der Waals surface area contributed by atoms with Gasteiger partial charge in [0.1, 0.15) is 12.4 Å². The Morgan fingerprint density at radius 2 is 1.77 bits per heavy atom. The average molecular weight is 586 g/mol. The number of fused-ring (bicyclic) bond motifs is 2. The molecule has 212 valence electrons. The highest BCUT2D eigenvalue weighted by molar-refractivity contribution is 7.07. The Morgan fingerprint density at radius 3 is 2.49 bits per heavy atom. The average Bonchev–Trinajstić information content (AvgIpc) is 3.37. The molecule has 1 aliphatic rings. The van der Waals surface area contributed by atoms with Crippen molar-refractivity contribution in [2.24, 2.45) is 4.99 Å². The van der Waals surface area contributed by atoms with E-state index in [4.69, 9.17) is 19.7 Å². The lowest BCUT2D eigenvalue weighted by atomic mass is 9.95. The molecule has 5 aromatic rings. The number of esters is 1. The summed E-state index contributed by atoms with van der Waals surface area (Å²) in [5, 5.41) is 11.1. The van der Waals surface area contributed by atoms with E-state index in [-0.39, 0.29) is 5.56 Å². The van der Waals surface area contributed by atoms with Crippen molar-refractivity contribution in [1.82, 2.24) is 4.57 Å². The number of rotatable bonds is 7. The first-order valence-corrected chi connectivity index (χ1v) is 14.7. The molecular formula is C35H27N3O4S. The van der Waals surface area contributed by atoms with Crippen molar-refractivity contribution in [1.29, 1.82) is 5.26 Å². The summed E-state index contributed by atoms with van der Waals surface area (Å²) in [7, 11) is 1.34. The fourth-order valence-electron chi connectivity index (χ4n) is 5.33. The number of allylic oxidation sites excluding steroid dienone is 1. The molecule has 4 aromatic carbocycles. The van der Waals surface area contributed by atoms with E-state index in [0.29, 0.717) is 44.9 Å². The second-order valence-electron chi connectivity index (χ2n) is 9.99. The van der Waals surface area contributed by atoms with Crippen molar-refractivity contribution < 1.29 is 14.3 Å². The summed E-state index contributed by atoms with van der Waals surface area (Å²) < 4.78 is 13.5. The van der Waals surface area contributed by atoms with Crippen molar-refractivity contribution in [2.75, 3.05) is 7.11 Å². The normalized spacial score (nSPS) is 14.6. The Bertz CT molecular complexity index is 2100. The number of ether oxygens (including phenoxy) is 2. The molecule has 1 aliphatic heterocycles. The lowest BCUT2D eigenvalue weighted by Crippen LogP contribution is -2.40. The minimum Gasteiger partial charge on any atom is -0.488 e. The zero-order valence-electron chi connectivity index (χ0n) is 23.6. The number of methoxy groups -OCH3 is 1. The standard InChI is InChI=1S/C35H27N3O4S/c1-3-28-31(34(40)41-2)32(25-10-5-4-6-11-25)38-33(39)30(43-35(38)37-28)19-27-26-12-8-7-9-24(26)17-18-29(27)42-21-23-15-13-22(20-36)14-16-23/h4-19,32H,3,21H2,1-2H3/b30-19+/t32-/m1/s1. The number of carbonyl (C=O) groups excluding carboxylic acids is 1. The van der Waals surface area contributed by atoms with Gasteiger partial charge in [-0.25, -0.2) is 9.79 Å². The second-order valence-corrected chi connectivity index (χ2v) is 11.0. The quantitative estimate of drug-likeness (QED) is 0.239. The van der Waals surface area contributed by atoms with Crippen molar-refractivity contribution >= 4 is 34.2 Å². The Balaban J connectivity index is 1.52. The van der Waals surface area contributed by atoms with Crippen LogP contribution in [0.15, 0.2) is 112 Å². The fraction of sp³-hybridized carbons (Fsp3) is 0.143. The molecule has 2 heterocycles. The lowest BCUT2D eigenvalue weighted by Gasteiger charge is -2.25. The summed E-state index contributed by atoms with van der Waals surface area (Å²) in [4.78, 5) is 32.5. The topological polar surface area (TPSA) is 93.7 Å². The van der Waals surface area contributed by atoms with Gasteiger partial charge in [-0.15, -0.1) is 0 Å². The first kappa shape index (κ1) is 27.9. The summed E-state index contributed by atoms with van der Waals surface area (Å²) in [5.74, 6) is 0.120. The molecule has 1 aromatic heterocycles. The zero-order chi connectivity index (χ0) is 29.9. The smallest absolute Gasteiger partial charge is 0.338 e. The first-order valence-electron chi connectivity index (χ1n) is 13.8. The highest BCUT2D eigenvalue weighted by atomic mass is 32.1. The molecule has 0 spiro atoms. The number of hydrogen-bond donors (Lipinski definition) is 0. The Labute approximate surface area is 251 Å². The molecule has 8 heteroatoms. The van der Waals surface area contributed by atoms with Crippen molar-refractivity contribution in [3.63, 3.8) is 0 Å². The molecular weight excluding hydrogens is 558 g/mol. The van der Waals surface area contributed by atoms with Gasteiger partial charge in [0.15, 0.2) is 4.80 Å². The molecule has 7 nitrogen and oxygen atoms in total. The van der Waals surface area contributed by atoms with E-state index in [9.17, 15) is 9.59 Å². The molecule has 6 rings (SSSR count). The van der Waals surface area contributed by atoms with E-state index in [1.54, 1.807) is 16.7 Å². The van der Waals surface area contributed by atoms with Gasteiger partial charge in [-0.05, 0) is 52.6 Å². The number of benzene rings is 4. The molecule has 0 aliphatic carbocycles. The van der Waals surface area contributed by atoms with Gasteiger partial charge in [-0.3, -0.25) is 9.36 Å². The van der Waals surface area contributed by atoms with Crippen molar-refractivity contribution in [2.45, 2.75) is 26.0 Å². The number of aromatic nitrogens is 1. The third-order valence-electron chi connectivity index (χ3n) is 7.45. The highest BCUT2D eigenvalue weighted by Crippen LogP contribution is 2.32. The minimum atomic E-state index is -0.665. The van der Waals surface area contributed by atoms with Gasteiger partial charge in [0.25, 0.3) is 5.56 Å². The summed E-state index contributed by atoms with van der Waals surface area (Å²) >= 11 is 1.29.